The average Bonchev–Trinajstić information content (AvgIpc) is 2.85. The fourth-order valence-electron chi connectivity index (χ4n) is 2.30. The molecule has 18 heavy (non-hydrogen) atoms. The number of rotatable bonds is 3. The lowest BCUT2D eigenvalue weighted by Gasteiger charge is -2.07. The van der Waals surface area contributed by atoms with E-state index in [0.717, 1.165) is 17.9 Å². The van der Waals surface area contributed by atoms with Crippen LogP contribution < -0.4 is 4.74 Å². The highest BCUT2D eigenvalue weighted by Crippen LogP contribution is 2.26. The Kier molecular flexibility index (Phi) is 2.89. The molecule has 2 aromatic rings. The fourth-order valence-corrected chi connectivity index (χ4v) is 2.30. The molecule has 0 spiro atoms. The molecule has 1 aliphatic rings. The first kappa shape index (κ1) is 11.1. The van der Waals surface area contributed by atoms with Crippen molar-refractivity contribution in [3.8, 4) is 11.5 Å². The van der Waals surface area contributed by atoms with Crippen LogP contribution in [0.25, 0.3) is 0 Å². The van der Waals surface area contributed by atoms with Crippen molar-refractivity contribution in [3.63, 3.8) is 0 Å². The summed E-state index contributed by atoms with van der Waals surface area (Å²) in [4.78, 5) is 4.09. The van der Waals surface area contributed by atoms with Gasteiger partial charge in [-0.15, -0.1) is 0 Å². The third kappa shape index (κ3) is 2.30. The van der Waals surface area contributed by atoms with Crippen molar-refractivity contribution in [1.82, 2.24) is 4.98 Å². The maximum atomic E-state index is 9.14. The first-order valence-corrected chi connectivity index (χ1v) is 6.20. The van der Waals surface area contributed by atoms with Crippen LogP contribution in [0.1, 0.15) is 23.2 Å². The van der Waals surface area contributed by atoms with Crippen LogP contribution in [-0.2, 0) is 19.4 Å². The van der Waals surface area contributed by atoms with Crippen LogP contribution in [0.4, 0.5) is 0 Å². The van der Waals surface area contributed by atoms with E-state index in [1.54, 1.807) is 12.1 Å². The number of benzene rings is 1. The van der Waals surface area contributed by atoms with Crippen LogP contribution in [0.5, 0.6) is 11.5 Å². The van der Waals surface area contributed by atoms with E-state index in [1.165, 1.54) is 30.2 Å². The summed E-state index contributed by atoms with van der Waals surface area (Å²) in [5.41, 5.74) is 3.67. The standard InChI is InChI=1S/C15H15NO2/c17-14-6-5-13(16-9-14)10-18-15-7-4-11-2-1-3-12(11)8-15/h4-9,17H,1-3,10H2. The minimum absolute atomic E-state index is 0.177. The zero-order chi connectivity index (χ0) is 12.4. The molecule has 0 bridgehead atoms. The van der Waals surface area contributed by atoms with Crippen molar-refractivity contribution >= 4 is 0 Å². The molecule has 0 atom stereocenters. The Hall–Kier alpha value is -2.03. The molecule has 1 heterocycles. The normalized spacial score (nSPS) is 13.3. The maximum absolute atomic E-state index is 9.14. The summed E-state index contributed by atoms with van der Waals surface area (Å²) in [5, 5.41) is 9.14. The first-order valence-electron chi connectivity index (χ1n) is 6.20. The highest BCUT2D eigenvalue weighted by molar-refractivity contribution is 5.38. The van der Waals surface area contributed by atoms with Gasteiger partial charge in [0.15, 0.2) is 0 Å². The smallest absolute Gasteiger partial charge is 0.133 e. The van der Waals surface area contributed by atoms with E-state index >= 15 is 0 Å². The number of aryl methyl sites for hydroxylation is 2. The minimum Gasteiger partial charge on any atom is -0.506 e. The number of aromatic nitrogens is 1. The van der Waals surface area contributed by atoms with E-state index < -0.39 is 0 Å². The Balaban J connectivity index is 1.68. The van der Waals surface area contributed by atoms with Crippen molar-refractivity contribution < 1.29 is 9.84 Å². The van der Waals surface area contributed by atoms with Crippen LogP contribution >= 0.6 is 0 Å². The van der Waals surface area contributed by atoms with Gasteiger partial charge in [0.1, 0.15) is 18.1 Å². The molecule has 0 saturated carbocycles. The first-order chi connectivity index (χ1) is 8.81. The van der Waals surface area contributed by atoms with Gasteiger partial charge in [-0.1, -0.05) is 6.07 Å². The molecule has 1 N–H and O–H groups in total. The lowest BCUT2D eigenvalue weighted by Crippen LogP contribution is -1.98. The van der Waals surface area contributed by atoms with Crippen LogP contribution in [0.15, 0.2) is 36.5 Å². The Morgan fingerprint density at radius 2 is 2.00 bits per heavy atom. The van der Waals surface area contributed by atoms with E-state index in [-0.39, 0.29) is 5.75 Å². The zero-order valence-electron chi connectivity index (χ0n) is 10.1. The molecule has 1 aromatic carbocycles. The van der Waals surface area contributed by atoms with E-state index in [1.807, 2.05) is 6.07 Å². The molecule has 0 aliphatic heterocycles. The average molecular weight is 241 g/mol. The maximum Gasteiger partial charge on any atom is 0.133 e. The van der Waals surface area contributed by atoms with Gasteiger partial charge >= 0.3 is 0 Å². The summed E-state index contributed by atoms with van der Waals surface area (Å²) < 4.78 is 5.71. The quantitative estimate of drug-likeness (QED) is 0.898. The van der Waals surface area contributed by atoms with Crippen LogP contribution in [-0.4, -0.2) is 10.1 Å². The summed E-state index contributed by atoms with van der Waals surface area (Å²) in [5.74, 6) is 1.07. The third-order valence-electron chi connectivity index (χ3n) is 3.27. The topological polar surface area (TPSA) is 42.4 Å². The number of fused-ring (bicyclic) bond motifs is 1. The molecule has 92 valence electrons. The van der Waals surface area contributed by atoms with Crippen LogP contribution in [0.3, 0.4) is 0 Å². The van der Waals surface area contributed by atoms with Gasteiger partial charge in [0.2, 0.25) is 0 Å². The van der Waals surface area contributed by atoms with E-state index in [2.05, 4.69) is 17.1 Å². The molecule has 3 rings (SSSR count). The van der Waals surface area contributed by atoms with Crippen molar-refractivity contribution in [2.45, 2.75) is 25.9 Å². The lowest BCUT2D eigenvalue weighted by atomic mass is 10.1. The highest BCUT2D eigenvalue weighted by atomic mass is 16.5. The second-order valence-corrected chi connectivity index (χ2v) is 4.58. The molecule has 0 fully saturated rings. The molecule has 0 saturated heterocycles. The van der Waals surface area contributed by atoms with Crippen molar-refractivity contribution in [1.29, 1.82) is 0 Å². The molecule has 3 heteroatoms. The molecule has 0 radical (unpaired) electrons. The van der Waals surface area contributed by atoms with Gasteiger partial charge in [-0.2, -0.15) is 0 Å². The number of nitrogens with zero attached hydrogens (tertiary/aromatic N) is 1. The predicted octanol–water partition coefficient (Wildman–Crippen LogP) is 2.85. The Morgan fingerprint density at radius 1 is 1.11 bits per heavy atom. The number of pyridine rings is 1. The van der Waals surface area contributed by atoms with E-state index in [9.17, 15) is 0 Å². The summed E-state index contributed by atoms with van der Waals surface area (Å²) in [6.07, 6.45) is 5.03. The monoisotopic (exact) mass is 241 g/mol. The summed E-state index contributed by atoms with van der Waals surface area (Å²) in [7, 11) is 0. The molecule has 1 aliphatic carbocycles. The van der Waals surface area contributed by atoms with Gasteiger partial charge < -0.3 is 9.84 Å². The molecule has 0 unspecified atom stereocenters. The van der Waals surface area contributed by atoms with Gasteiger partial charge in [-0.3, -0.25) is 4.98 Å². The minimum atomic E-state index is 0.177. The van der Waals surface area contributed by atoms with E-state index in [0.29, 0.717) is 6.61 Å². The second-order valence-electron chi connectivity index (χ2n) is 4.58. The zero-order valence-corrected chi connectivity index (χ0v) is 10.1. The van der Waals surface area contributed by atoms with Gasteiger partial charge in [0.05, 0.1) is 11.9 Å². The third-order valence-corrected chi connectivity index (χ3v) is 3.27. The molecule has 1 aromatic heterocycles. The highest BCUT2D eigenvalue weighted by Gasteiger charge is 2.11. The van der Waals surface area contributed by atoms with E-state index in [4.69, 9.17) is 9.84 Å². The predicted molar refractivity (Wildman–Crippen MR) is 68.7 cm³/mol. The van der Waals surface area contributed by atoms with Crippen LogP contribution in [0.2, 0.25) is 0 Å². The van der Waals surface area contributed by atoms with Gasteiger partial charge in [-0.25, -0.2) is 0 Å². The fraction of sp³-hybridized carbons (Fsp3) is 0.267. The summed E-state index contributed by atoms with van der Waals surface area (Å²) >= 11 is 0. The molecular formula is C15H15NO2. The van der Waals surface area contributed by atoms with Gasteiger partial charge in [-0.05, 0) is 54.7 Å². The molecular weight excluding hydrogens is 226 g/mol. The molecule has 3 nitrogen and oxygen atoms in total. The SMILES string of the molecule is Oc1ccc(COc2ccc3c(c2)CCC3)nc1. The number of ether oxygens (including phenoxy) is 1. The van der Waals surface area contributed by atoms with Crippen molar-refractivity contribution in [2.75, 3.05) is 0 Å². The Bertz CT molecular complexity index is 549. The number of aromatic hydroxyl groups is 1. The van der Waals surface area contributed by atoms with Gasteiger partial charge in [0, 0.05) is 0 Å². The summed E-state index contributed by atoms with van der Waals surface area (Å²) in [6, 6.07) is 9.69. The molecule has 0 amide bonds. The van der Waals surface area contributed by atoms with Crippen molar-refractivity contribution in [2.24, 2.45) is 0 Å². The number of hydrogen-bond donors (Lipinski definition) is 1. The Morgan fingerprint density at radius 3 is 2.83 bits per heavy atom. The second kappa shape index (κ2) is 4.69. The van der Waals surface area contributed by atoms with Crippen LogP contribution in [0, 0.1) is 0 Å². The largest absolute Gasteiger partial charge is 0.506 e. The summed E-state index contributed by atoms with van der Waals surface area (Å²) in [6.45, 7) is 0.430. The van der Waals surface area contributed by atoms with Crippen molar-refractivity contribution in [3.05, 3.63) is 53.3 Å². The van der Waals surface area contributed by atoms with Gasteiger partial charge in [0.25, 0.3) is 0 Å². The Labute approximate surface area is 106 Å². The lowest BCUT2D eigenvalue weighted by molar-refractivity contribution is 0.300. The number of hydrogen-bond acceptors (Lipinski definition) is 3.